The van der Waals surface area contributed by atoms with Gasteiger partial charge in [0.05, 0.1) is 0 Å². The SMILES string of the molecule is C#CCC(C)NC(=O)C1=NNC(=O)CC1. The van der Waals surface area contributed by atoms with Gasteiger partial charge >= 0.3 is 0 Å². The Morgan fingerprint density at radius 3 is 3.00 bits per heavy atom. The second-order valence-corrected chi connectivity index (χ2v) is 3.38. The van der Waals surface area contributed by atoms with Gasteiger partial charge in [0.2, 0.25) is 5.91 Å². The monoisotopic (exact) mass is 207 g/mol. The number of nitrogens with zero attached hydrogens (tertiary/aromatic N) is 1. The first kappa shape index (κ1) is 11.2. The Hall–Kier alpha value is -1.83. The molecule has 80 valence electrons. The van der Waals surface area contributed by atoms with E-state index in [2.05, 4.69) is 21.8 Å². The van der Waals surface area contributed by atoms with Crippen LogP contribution in [0.2, 0.25) is 0 Å². The van der Waals surface area contributed by atoms with Gasteiger partial charge in [-0.1, -0.05) is 0 Å². The van der Waals surface area contributed by atoms with Crippen molar-refractivity contribution >= 4 is 17.5 Å². The molecule has 0 bridgehead atoms. The minimum absolute atomic E-state index is 0.0807. The number of hydrazone groups is 1. The van der Waals surface area contributed by atoms with Crippen molar-refractivity contribution < 1.29 is 9.59 Å². The van der Waals surface area contributed by atoms with E-state index in [1.54, 1.807) is 0 Å². The number of amides is 2. The number of hydrogen-bond acceptors (Lipinski definition) is 3. The fourth-order valence-corrected chi connectivity index (χ4v) is 1.17. The molecule has 5 nitrogen and oxygen atoms in total. The molecule has 0 radical (unpaired) electrons. The van der Waals surface area contributed by atoms with Crippen molar-refractivity contribution in [3.05, 3.63) is 0 Å². The van der Waals surface area contributed by atoms with Gasteiger partial charge in [0, 0.05) is 25.3 Å². The van der Waals surface area contributed by atoms with Crippen molar-refractivity contribution in [2.45, 2.75) is 32.2 Å². The van der Waals surface area contributed by atoms with Crippen molar-refractivity contribution in [2.75, 3.05) is 0 Å². The predicted octanol–water partition coefficient (Wildman–Crippen LogP) is -0.220. The second-order valence-electron chi connectivity index (χ2n) is 3.38. The summed E-state index contributed by atoms with van der Waals surface area (Å²) in [7, 11) is 0. The van der Waals surface area contributed by atoms with Crippen molar-refractivity contribution in [1.82, 2.24) is 10.7 Å². The number of carbonyl (C=O) groups is 2. The Morgan fingerprint density at radius 2 is 2.47 bits per heavy atom. The largest absolute Gasteiger partial charge is 0.348 e. The van der Waals surface area contributed by atoms with Crippen LogP contribution in [0.1, 0.15) is 26.2 Å². The summed E-state index contributed by atoms with van der Waals surface area (Å²) in [5, 5.41) is 6.38. The van der Waals surface area contributed by atoms with Crippen molar-refractivity contribution in [3.63, 3.8) is 0 Å². The van der Waals surface area contributed by atoms with E-state index in [1.165, 1.54) is 0 Å². The number of terminal acetylenes is 1. The molecule has 5 heteroatoms. The molecule has 2 amide bonds. The molecular formula is C10H13N3O2. The number of rotatable bonds is 3. The molecular weight excluding hydrogens is 194 g/mol. The highest BCUT2D eigenvalue weighted by Crippen LogP contribution is 2.00. The van der Waals surface area contributed by atoms with E-state index < -0.39 is 0 Å². The second kappa shape index (κ2) is 5.15. The molecule has 2 N–H and O–H groups in total. The smallest absolute Gasteiger partial charge is 0.267 e. The molecule has 0 aliphatic carbocycles. The summed E-state index contributed by atoms with van der Waals surface area (Å²) in [5.74, 6) is 2.03. The molecule has 0 aromatic heterocycles. The van der Waals surface area contributed by atoms with E-state index in [1.807, 2.05) is 6.92 Å². The van der Waals surface area contributed by atoms with Gasteiger partial charge in [-0.05, 0) is 6.92 Å². The Bertz CT molecular complexity index is 341. The first-order valence-corrected chi connectivity index (χ1v) is 4.73. The molecule has 0 saturated carbocycles. The van der Waals surface area contributed by atoms with Gasteiger partial charge < -0.3 is 5.32 Å². The maximum Gasteiger partial charge on any atom is 0.267 e. The summed E-state index contributed by atoms with van der Waals surface area (Å²) >= 11 is 0. The van der Waals surface area contributed by atoms with Gasteiger partial charge in [0.1, 0.15) is 5.71 Å². The lowest BCUT2D eigenvalue weighted by Crippen LogP contribution is -2.40. The zero-order valence-corrected chi connectivity index (χ0v) is 8.54. The number of hydrogen-bond donors (Lipinski definition) is 2. The van der Waals surface area contributed by atoms with Crippen LogP contribution in [0.5, 0.6) is 0 Å². The quantitative estimate of drug-likeness (QED) is 0.628. The first-order chi connectivity index (χ1) is 7.13. The molecule has 1 unspecified atom stereocenters. The maximum absolute atomic E-state index is 11.5. The summed E-state index contributed by atoms with van der Waals surface area (Å²) in [5.41, 5.74) is 2.61. The molecule has 1 atom stereocenters. The zero-order valence-electron chi connectivity index (χ0n) is 8.54. The highest BCUT2D eigenvalue weighted by Gasteiger charge is 2.18. The van der Waals surface area contributed by atoms with Crippen LogP contribution >= 0.6 is 0 Å². The molecule has 0 spiro atoms. The molecule has 1 aliphatic rings. The normalized spacial score (nSPS) is 17.1. The van der Waals surface area contributed by atoms with E-state index in [4.69, 9.17) is 6.42 Å². The minimum atomic E-state index is -0.266. The van der Waals surface area contributed by atoms with Gasteiger partial charge in [-0.15, -0.1) is 12.3 Å². The van der Waals surface area contributed by atoms with Crippen LogP contribution in [0.4, 0.5) is 0 Å². The van der Waals surface area contributed by atoms with Crippen molar-refractivity contribution in [2.24, 2.45) is 5.10 Å². The van der Waals surface area contributed by atoms with Crippen LogP contribution in [-0.2, 0) is 9.59 Å². The lowest BCUT2D eigenvalue weighted by Gasteiger charge is -2.14. The van der Waals surface area contributed by atoms with Crippen LogP contribution in [-0.4, -0.2) is 23.6 Å². The molecule has 1 rings (SSSR count). The average Bonchev–Trinajstić information content (AvgIpc) is 2.18. The summed E-state index contributed by atoms with van der Waals surface area (Å²) < 4.78 is 0. The summed E-state index contributed by atoms with van der Waals surface area (Å²) in [6, 6.07) is -0.0807. The number of nitrogens with one attached hydrogen (secondary N) is 2. The zero-order chi connectivity index (χ0) is 11.3. The highest BCUT2D eigenvalue weighted by atomic mass is 16.2. The molecule has 1 aliphatic heterocycles. The van der Waals surface area contributed by atoms with Gasteiger partial charge in [-0.25, -0.2) is 5.43 Å². The van der Waals surface area contributed by atoms with Crippen molar-refractivity contribution in [1.29, 1.82) is 0 Å². The Kier molecular flexibility index (Phi) is 3.86. The topological polar surface area (TPSA) is 70.6 Å². The third kappa shape index (κ3) is 3.43. The van der Waals surface area contributed by atoms with Crippen molar-refractivity contribution in [3.8, 4) is 12.3 Å². The standard InChI is InChI=1S/C10H13N3O2/c1-3-4-7(2)11-10(15)8-5-6-9(14)13-12-8/h1,7H,4-6H2,2H3,(H,11,15)(H,13,14). The fourth-order valence-electron chi connectivity index (χ4n) is 1.17. The van der Waals surface area contributed by atoms with E-state index in [0.29, 0.717) is 25.0 Å². The lowest BCUT2D eigenvalue weighted by molar-refractivity contribution is -0.121. The molecule has 0 fully saturated rings. The Labute approximate surface area is 88.3 Å². The van der Waals surface area contributed by atoms with Gasteiger partial charge in [0.25, 0.3) is 5.91 Å². The Balaban J connectivity index is 2.48. The predicted molar refractivity (Wildman–Crippen MR) is 55.9 cm³/mol. The third-order valence-corrected chi connectivity index (χ3v) is 1.97. The van der Waals surface area contributed by atoms with Gasteiger partial charge in [-0.3, -0.25) is 9.59 Å². The van der Waals surface area contributed by atoms with Crippen LogP contribution < -0.4 is 10.7 Å². The lowest BCUT2D eigenvalue weighted by atomic mass is 10.1. The number of carbonyl (C=O) groups excluding carboxylic acids is 2. The van der Waals surface area contributed by atoms with Gasteiger partial charge in [0.15, 0.2) is 0 Å². The fraction of sp³-hybridized carbons (Fsp3) is 0.500. The molecule has 1 heterocycles. The summed E-state index contributed by atoms with van der Waals surface area (Å²) in [6.07, 6.45) is 6.27. The molecule has 0 saturated heterocycles. The average molecular weight is 207 g/mol. The van der Waals surface area contributed by atoms with Crippen LogP contribution in [0, 0.1) is 12.3 Å². The van der Waals surface area contributed by atoms with E-state index >= 15 is 0 Å². The van der Waals surface area contributed by atoms with E-state index in [9.17, 15) is 9.59 Å². The Morgan fingerprint density at radius 1 is 1.73 bits per heavy atom. The molecule has 0 aromatic carbocycles. The minimum Gasteiger partial charge on any atom is -0.348 e. The van der Waals surface area contributed by atoms with Crippen LogP contribution in [0.25, 0.3) is 0 Å². The summed E-state index contributed by atoms with van der Waals surface area (Å²) in [6.45, 7) is 1.82. The molecule has 15 heavy (non-hydrogen) atoms. The van der Waals surface area contributed by atoms with E-state index in [-0.39, 0.29) is 17.9 Å². The maximum atomic E-state index is 11.5. The van der Waals surface area contributed by atoms with Crippen LogP contribution in [0.15, 0.2) is 5.10 Å². The molecule has 0 aromatic rings. The van der Waals surface area contributed by atoms with Gasteiger partial charge in [-0.2, -0.15) is 5.10 Å². The third-order valence-electron chi connectivity index (χ3n) is 1.97. The summed E-state index contributed by atoms with van der Waals surface area (Å²) in [4.78, 5) is 22.3. The van der Waals surface area contributed by atoms with Crippen LogP contribution in [0.3, 0.4) is 0 Å². The first-order valence-electron chi connectivity index (χ1n) is 4.73. The highest BCUT2D eigenvalue weighted by molar-refractivity contribution is 6.39. The van der Waals surface area contributed by atoms with E-state index in [0.717, 1.165) is 0 Å².